The van der Waals surface area contributed by atoms with Crippen molar-refractivity contribution in [3.8, 4) is 6.07 Å². The highest BCUT2D eigenvalue weighted by Gasteiger charge is 2.23. The van der Waals surface area contributed by atoms with Crippen molar-refractivity contribution in [2.75, 3.05) is 31.1 Å². The summed E-state index contributed by atoms with van der Waals surface area (Å²) in [4.78, 5) is 12.1. The zero-order chi connectivity index (χ0) is 13.0. The Morgan fingerprint density at radius 1 is 1.33 bits per heavy atom. The third-order valence-corrected chi connectivity index (χ3v) is 3.18. The summed E-state index contributed by atoms with van der Waals surface area (Å²) in [5, 5.41) is 9.02. The zero-order valence-electron chi connectivity index (χ0n) is 10.4. The SMILES string of the molecule is CCC(C#N)N1CCN(c2ncc(F)cn2)CC1. The van der Waals surface area contributed by atoms with Gasteiger partial charge in [0.15, 0.2) is 5.82 Å². The lowest BCUT2D eigenvalue weighted by atomic mass is 10.2. The normalized spacial score (nSPS) is 18.4. The van der Waals surface area contributed by atoms with Crippen LogP contribution in [-0.4, -0.2) is 47.1 Å². The van der Waals surface area contributed by atoms with E-state index in [0.29, 0.717) is 5.95 Å². The summed E-state index contributed by atoms with van der Waals surface area (Å²) < 4.78 is 12.7. The van der Waals surface area contributed by atoms with E-state index in [1.54, 1.807) is 0 Å². The molecule has 6 heteroatoms. The zero-order valence-corrected chi connectivity index (χ0v) is 10.4. The number of piperazine rings is 1. The Kier molecular flexibility index (Phi) is 4.05. The molecule has 2 rings (SSSR count). The standard InChI is InChI=1S/C12H16FN5/c1-2-11(7-14)17-3-5-18(6-4-17)12-15-8-10(13)9-16-12/h8-9,11H,2-6H2,1H3. The minimum atomic E-state index is -0.423. The molecule has 1 atom stereocenters. The highest BCUT2D eigenvalue weighted by Crippen LogP contribution is 2.13. The number of nitriles is 1. The Morgan fingerprint density at radius 2 is 1.94 bits per heavy atom. The second kappa shape index (κ2) is 5.74. The second-order valence-electron chi connectivity index (χ2n) is 4.28. The van der Waals surface area contributed by atoms with Crippen LogP contribution in [0.3, 0.4) is 0 Å². The van der Waals surface area contributed by atoms with Gasteiger partial charge in [-0.05, 0) is 6.42 Å². The summed E-state index contributed by atoms with van der Waals surface area (Å²) >= 11 is 0. The van der Waals surface area contributed by atoms with E-state index in [2.05, 4.69) is 20.9 Å². The molecule has 0 aliphatic carbocycles. The molecule has 0 saturated carbocycles. The predicted molar refractivity (Wildman–Crippen MR) is 65.5 cm³/mol. The van der Waals surface area contributed by atoms with Gasteiger partial charge in [-0.1, -0.05) is 6.92 Å². The van der Waals surface area contributed by atoms with Gasteiger partial charge in [-0.25, -0.2) is 14.4 Å². The summed E-state index contributed by atoms with van der Waals surface area (Å²) in [5.74, 6) is 0.133. The van der Waals surface area contributed by atoms with Gasteiger partial charge in [-0.3, -0.25) is 4.90 Å². The summed E-state index contributed by atoms with van der Waals surface area (Å²) in [6.07, 6.45) is 3.20. The van der Waals surface area contributed by atoms with Crippen LogP contribution in [0.1, 0.15) is 13.3 Å². The van der Waals surface area contributed by atoms with E-state index in [1.807, 2.05) is 11.8 Å². The molecule has 0 bridgehead atoms. The van der Waals surface area contributed by atoms with E-state index in [0.717, 1.165) is 32.6 Å². The van der Waals surface area contributed by atoms with Crippen LogP contribution in [0.4, 0.5) is 10.3 Å². The molecule has 0 radical (unpaired) electrons. The fourth-order valence-corrected chi connectivity index (χ4v) is 2.13. The highest BCUT2D eigenvalue weighted by atomic mass is 19.1. The number of rotatable bonds is 3. The lowest BCUT2D eigenvalue weighted by Crippen LogP contribution is -2.50. The number of hydrogen-bond donors (Lipinski definition) is 0. The molecular weight excluding hydrogens is 233 g/mol. The Bertz CT molecular complexity index is 419. The van der Waals surface area contributed by atoms with Gasteiger partial charge in [0.05, 0.1) is 24.5 Å². The van der Waals surface area contributed by atoms with Gasteiger partial charge < -0.3 is 4.90 Å². The van der Waals surface area contributed by atoms with E-state index in [1.165, 1.54) is 12.4 Å². The molecule has 18 heavy (non-hydrogen) atoms. The van der Waals surface area contributed by atoms with E-state index in [-0.39, 0.29) is 6.04 Å². The van der Waals surface area contributed by atoms with Crippen LogP contribution in [0.2, 0.25) is 0 Å². The van der Waals surface area contributed by atoms with Gasteiger partial charge in [-0.15, -0.1) is 0 Å². The molecule has 0 N–H and O–H groups in total. The number of nitrogens with zero attached hydrogens (tertiary/aromatic N) is 5. The van der Waals surface area contributed by atoms with Crippen molar-refractivity contribution in [2.24, 2.45) is 0 Å². The molecule has 1 saturated heterocycles. The van der Waals surface area contributed by atoms with Gasteiger partial charge in [0.2, 0.25) is 5.95 Å². The summed E-state index contributed by atoms with van der Waals surface area (Å²) in [5.41, 5.74) is 0. The van der Waals surface area contributed by atoms with Crippen molar-refractivity contribution in [1.29, 1.82) is 5.26 Å². The van der Waals surface area contributed by atoms with Crippen LogP contribution in [0.5, 0.6) is 0 Å². The van der Waals surface area contributed by atoms with Gasteiger partial charge >= 0.3 is 0 Å². The molecule has 0 aromatic carbocycles. The maximum atomic E-state index is 12.7. The summed E-state index contributed by atoms with van der Waals surface area (Å²) in [6.45, 7) is 5.18. The van der Waals surface area contributed by atoms with Crippen LogP contribution in [0.25, 0.3) is 0 Å². The molecule has 1 unspecified atom stereocenters. The van der Waals surface area contributed by atoms with Gasteiger partial charge in [0.1, 0.15) is 0 Å². The van der Waals surface area contributed by atoms with Crippen LogP contribution in [0.15, 0.2) is 12.4 Å². The number of anilines is 1. The first kappa shape index (κ1) is 12.7. The van der Waals surface area contributed by atoms with Gasteiger partial charge in [0.25, 0.3) is 0 Å². The fraction of sp³-hybridized carbons (Fsp3) is 0.583. The smallest absolute Gasteiger partial charge is 0.225 e. The van der Waals surface area contributed by atoms with E-state index < -0.39 is 5.82 Å². The maximum Gasteiger partial charge on any atom is 0.225 e. The minimum Gasteiger partial charge on any atom is -0.338 e. The number of aromatic nitrogens is 2. The first-order valence-electron chi connectivity index (χ1n) is 6.10. The molecule has 1 aliphatic heterocycles. The van der Waals surface area contributed by atoms with Crippen molar-refractivity contribution >= 4 is 5.95 Å². The largest absolute Gasteiger partial charge is 0.338 e. The van der Waals surface area contributed by atoms with Gasteiger partial charge in [0, 0.05) is 26.2 Å². The molecule has 96 valence electrons. The number of halogens is 1. The third-order valence-electron chi connectivity index (χ3n) is 3.18. The minimum absolute atomic E-state index is 0.0127. The Labute approximate surface area is 106 Å². The molecular formula is C12H16FN5. The van der Waals surface area contributed by atoms with E-state index >= 15 is 0 Å². The molecule has 0 spiro atoms. The molecule has 1 aromatic heterocycles. The van der Waals surface area contributed by atoms with Crippen molar-refractivity contribution in [3.05, 3.63) is 18.2 Å². The van der Waals surface area contributed by atoms with Gasteiger partial charge in [-0.2, -0.15) is 5.26 Å². The quantitative estimate of drug-likeness (QED) is 0.801. The second-order valence-corrected chi connectivity index (χ2v) is 4.28. The fourth-order valence-electron chi connectivity index (χ4n) is 2.13. The number of hydrogen-bond acceptors (Lipinski definition) is 5. The summed E-state index contributed by atoms with van der Waals surface area (Å²) in [7, 11) is 0. The van der Waals surface area contributed by atoms with Crippen molar-refractivity contribution in [3.63, 3.8) is 0 Å². The third kappa shape index (κ3) is 2.74. The lowest BCUT2D eigenvalue weighted by molar-refractivity contribution is 0.215. The Morgan fingerprint density at radius 3 is 2.44 bits per heavy atom. The van der Waals surface area contributed by atoms with E-state index in [4.69, 9.17) is 5.26 Å². The maximum absolute atomic E-state index is 12.7. The van der Waals surface area contributed by atoms with Crippen LogP contribution < -0.4 is 4.90 Å². The van der Waals surface area contributed by atoms with Crippen LogP contribution >= 0.6 is 0 Å². The van der Waals surface area contributed by atoms with Crippen molar-refractivity contribution in [1.82, 2.24) is 14.9 Å². The summed E-state index contributed by atoms with van der Waals surface area (Å²) in [6, 6.07) is 2.30. The lowest BCUT2D eigenvalue weighted by Gasteiger charge is -2.36. The molecule has 0 amide bonds. The average Bonchev–Trinajstić information content (AvgIpc) is 2.42. The average molecular weight is 249 g/mol. The first-order valence-corrected chi connectivity index (χ1v) is 6.10. The molecule has 1 fully saturated rings. The Balaban J connectivity index is 1.94. The predicted octanol–water partition coefficient (Wildman–Crippen LogP) is 1.04. The van der Waals surface area contributed by atoms with Crippen molar-refractivity contribution < 1.29 is 4.39 Å². The monoisotopic (exact) mass is 249 g/mol. The van der Waals surface area contributed by atoms with E-state index in [9.17, 15) is 4.39 Å². The van der Waals surface area contributed by atoms with Crippen LogP contribution in [-0.2, 0) is 0 Å². The molecule has 2 heterocycles. The molecule has 5 nitrogen and oxygen atoms in total. The van der Waals surface area contributed by atoms with Crippen LogP contribution in [0, 0.1) is 17.1 Å². The van der Waals surface area contributed by atoms with Crippen molar-refractivity contribution in [2.45, 2.75) is 19.4 Å². The molecule has 1 aromatic rings. The highest BCUT2D eigenvalue weighted by molar-refractivity contribution is 5.29. The topological polar surface area (TPSA) is 56.1 Å². The first-order chi connectivity index (χ1) is 8.74. The molecule has 1 aliphatic rings. The Hall–Kier alpha value is -1.74.